The van der Waals surface area contributed by atoms with Gasteiger partial charge in [-0.05, 0) is 62.8 Å². The van der Waals surface area contributed by atoms with Crippen molar-refractivity contribution in [2.24, 2.45) is 0 Å². The summed E-state index contributed by atoms with van der Waals surface area (Å²) in [5, 5.41) is 6.72. The Labute approximate surface area is 176 Å². The summed E-state index contributed by atoms with van der Waals surface area (Å²) in [6.07, 6.45) is 3.53. The summed E-state index contributed by atoms with van der Waals surface area (Å²) in [4.78, 5) is 23.9. The zero-order valence-corrected chi connectivity index (χ0v) is 17.0. The standard InChI is InChI=1S/C23H26N6O/c1-29-13-5-8-19(14-29)28-23-20(22(24)25-15-26-23)21(30)16-9-11-18(12-10-16)27-17-6-3-2-4-7-17/h2-4,6-7,9-12,15,19,27H,5,8,13-14H2,1H3,(H3,24,25,26,28). The molecule has 2 heterocycles. The number of nitrogen functional groups attached to an aromatic ring is 1. The largest absolute Gasteiger partial charge is 0.383 e. The highest BCUT2D eigenvalue weighted by Gasteiger charge is 2.23. The van der Waals surface area contributed by atoms with Crippen molar-refractivity contribution >= 4 is 28.8 Å². The lowest BCUT2D eigenvalue weighted by Gasteiger charge is -2.31. The number of ketones is 1. The monoisotopic (exact) mass is 402 g/mol. The number of piperidine rings is 1. The average molecular weight is 403 g/mol. The van der Waals surface area contributed by atoms with Gasteiger partial charge in [-0.1, -0.05) is 18.2 Å². The van der Waals surface area contributed by atoms with Gasteiger partial charge in [-0.25, -0.2) is 9.97 Å². The fourth-order valence-electron chi connectivity index (χ4n) is 3.75. The molecule has 4 rings (SSSR count). The van der Waals surface area contributed by atoms with E-state index in [2.05, 4.69) is 32.5 Å². The van der Waals surface area contributed by atoms with Gasteiger partial charge in [0.05, 0.1) is 0 Å². The van der Waals surface area contributed by atoms with E-state index in [4.69, 9.17) is 5.73 Å². The van der Waals surface area contributed by atoms with Crippen LogP contribution >= 0.6 is 0 Å². The number of rotatable bonds is 6. The Hall–Kier alpha value is -3.45. The first-order valence-corrected chi connectivity index (χ1v) is 10.1. The third kappa shape index (κ3) is 4.58. The van der Waals surface area contributed by atoms with Crippen LogP contribution in [0, 0.1) is 0 Å². The third-order valence-corrected chi connectivity index (χ3v) is 5.28. The molecular formula is C23H26N6O. The molecule has 1 saturated heterocycles. The van der Waals surface area contributed by atoms with Crippen LogP contribution in [0.15, 0.2) is 60.9 Å². The van der Waals surface area contributed by atoms with Gasteiger partial charge < -0.3 is 21.3 Å². The van der Waals surface area contributed by atoms with Crippen LogP contribution in [-0.4, -0.2) is 46.8 Å². The maximum absolute atomic E-state index is 13.2. The molecular weight excluding hydrogens is 376 g/mol. The molecule has 0 bridgehead atoms. The molecule has 1 aliphatic rings. The summed E-state index contributed by atoms with van der Waals surface area (Å²) in [5.74, 6) is 0.499. The van der Waals surface area contributed by atoms with Crippen LogP contribution in [0.1, 0.15) is 28.8 Å². The number of nitrogens with two attached hydrogens (primary N) is 1. The van der Waals surface area contributed by atoms with Crippen molar-refractivity contribution in [2.45, 2.75) is 18.9 Å². The van der Waals surface area contributed by atoms with E-state index in [-0.39, 0.29) is 17.6 Å². The predicted octanol–water partition coefficient (Wildman–Crippen LogP) is 3.54. The molecule has 0 amide bonds. The molecule has 0 spiro atoms. The molecule has 1 aliphatic heterocycles. The fraction of sp³-hybridized carbons (Fsp3) is 0.261. The summed E-state index contributed by atoms with van der Waals surface area (Å²) in [6, 6.07) is 17.4. The molecule has 1 aromatic heterocycles. The van der Waals surface area contributed by atoms with E-state index in [1.807, 2.05) is 42.5 Å². The molecule has 1 fully saturated rings. The lowest BCUT2D eigenvalue weighted by molar-refractivity contribution is 0.103. The number of hydrogen-bond donors (Lipinski definition) is 3. The highest BCUT2D eigenvalue weighted by Crippen LogP contribution is 2.25. The number of para-hydroxylation sites is 1. The van der Waals surface area contributed by atoms with E-state index < -0.39 is 0 Å². The topological polar surface area (TPSA) is 96.2 Å². The molecule has 30 heavy (non-hydrogen) atoms. The first-order chi connectivity index (χ1) is 14.6. The molecule has 0 radical (unpaired) electrons. The third-order valence-electron chi connectivity index (χ3n) is 5.28. The minimum atomic E-state index is -0.189. The van der Waals surface area contributed by atoms with Gasteiger partial charge in [-0.15, -0.1) is 0 Å². The Bertz CT molecular complexity index is 1010. The number of likely N-dealkylation sites (N-methyl/N-ethyl adjacent to an activating group) is 1. The highest BCUT2D eigenvalue weighted by atomic mass is 16.1. The highest BCUT2D eigenvalue weighted by molar-refractivity contribution is 6.14. The van der Waals surface area contributed by atoms with E-state index in [1.54, 1.807) is 12.1 Å². The van der Waals surface area contributed by atoms with Crippen molar-refractivity contribution < 1.29 is 4.79 Å². The average Bonchev–Trinajstić information content (AvgIpc) is 2.75. The van der Waals surface area contributed by atoms with Crippen molar-refractivity contribution in [2.75, 3.05) is 36.5 Å². The van der Waals surface area contributed by atoms with Crippen molar-refractivity contribution in [3.8, 4) is 0 Å². The van der Waals surface area contributed by atoms with Crippen LogP contribution in [-0.2, 0) is 0 Å². The summed E-state index contributed by atoms with van der Waals surface area (Å²) >= 11 is 0. The van der Waals surface area contributed by atoms with Crippen LogP contribution in [0.3, 0.4) is 0 Å². The second-order valence-corrected chi connectivity index (χ2v) is 7.63. The Morgan fingerprint density at radius 3 is 2.53 bits per heavy atom. The maximum atomic E-state index is 13.2. The molecule has 3 aromatic rings. The molecule has 2 aromatic carbocycles. The smallest absolute Gasteiger partial charge is 0.200 e. The molecule has 4 N–H and O–H groups in total. The number of nitrogens with zero attached hydrogens (tertiary/aromatic N) is 3. The Balaban J connectivity index is 1.54. The molecule has 7 heteroatoms. The van der Waals surface area contributed by atoms with Gasteiger partial charge in [0, 0.05) is 29.5 Å². The molecule has 154 valence electrons. The Morgan fingerprint density at radius 1 is 1.07 bits per heavy atom. The van der Waals surface area contributed by atoms with Crippen LogP contribution in [0.4, 0.5) is 23.0 Å². The van der Waals surface area contributed by atoms with Crippen LogP contribution < -0.4 is 16.4 Å². The zero-order chi connectivity index (χ0) is 20.9. The van der Waals surface area contributed by atoms with Crippen molar-refractivity contribution in [3.63, 3.8) is 0 Å². The van der Waals surface area contributed by atoms with Gasteiger partial charge in [0.15, 0.2) is 5.78 Å². The lowest BCUT2D eigenvalue weighted by atomic mass is 10.0. The summed E-state index contributed by atoms with van der Waals surface area (Å²) in [5.41, 5.74) is 8.85. The number of anilines is 4. The van der Waals surface area contributed by atoms with E-state index >= 15 is 0 Å². The van der Waals surface area contributed by atoms with Gasteiger partial charge in [0.1, 0.15) is 23.5 Å². The Morgan fingerprint density at radius 2 is 1.80 bits per heavy atom. The van der Waals surface area contributed by atoms with E-state index in [9.17, 15) is 4.79 Å². The number of carbonyl (C=O) groups is 1. The summed E-state index contributed by atoms with van der Waals surface area (Å²) in [7, 11) is 2.10. The van der Waals surface area contributed by atoms with Gasteiger partial charge in [0.2, 0.25) is 0 Å². The lowest BCUT2D eigenvalue weighted by Crippen LogP contribution is -2.40. The normalized spacial score (nSPS) is 16.8. The van der Waals surface area contributed by atoms with E-state index in [1.165, 1.54) is 6.33 Å². The van der Waals surface area contributed by atoms with Gasteiger partial charge in [0.25, 0.3) is 0 Å². The molecule has 7 nitrogen and oxygen atoms in total. The molecule has 1 unspecified atom stereocenters. The SMILES string of the molecule is CN1CCCC(Nc2ncnc(N)c2C(=O)c2ccc(Nc3ccccc3)cc2)C1. The molecule has 0 aliphatic carbocycles. The summed E-state index contributed by atoms with van der Waals surface area (Å²) in [6.45, 7) is 1.98. The second-order valence-electron chi connectivity index (χ2n) is 7.63. The molecule has 1 atom stereocenters. The van der Waals surface area contributed by atoms with Crippen molar-refractivity contribution in [1.82, 2.24) is 14.9 Å². The van der Waals surface area contributed by atoms with Crippen LogP contribution in [0.25, 0.3) is 0 Å². The molecule has 0 saturated carbocycles. The Kier molecular flexibility index (Phi) is 5.90. The number of nitrogens with one attached hydrogen (secondary N) is 2. The van der Waals surface area contributed by atoms with Crippen molar-refractivity contribution in [3.05, 3.63) is 72.1 Å². The van der Waals surface area contributed by atoms with E-state index in [0.29, 0.717) is 16.9 Å². The van der Waals surface area contributed by atoms with Gasteiger partial charge in [-0.2, -0.15) is 0 Å². The van der Waals surface area contributed by atoms with E-state index in [0.717, 1.165) is 37.3 Å². The number of hydrogen-bond acceptors (Lipinski definition) is 7. The van der Waals surface area contributed by atoms with Crippen LogP contribution in [0.5, 0.6) is 0 Å². The maximum Gasteiger partial charge on any atom is 0.200 e. The summed E-state index contributed by atoms with van der Waals surface area (Å²) < 4.78 is 0. The predicted molar refractivity (Wildman–Crippen MR) is 120 cm³/mol. The number of likely N-dealkylation sites (tertiary alicyclic amines) is 1. The zero-order valence-electron chi connectivity index (χ0n) is 17.0. The second kappa shape index (κ2) is 8.92. The fourth-order valence-corrected chi connectivity index (χ4v) is 3.75. The minimum Gasteiger partial charge on any atom is -0.383 e. The minimum absolute atomic E-state index is 0.188. The van der Waals surface area contributed by atoms with Crippen LogP contribution in [0.2, 0.25) is 0 Å². The number of benzene rings is 2. The first kappa shape index (κ1) is 19.8. The number of carbonyl (C=O) groups excluding carboxylic acids is 1. The van der Waals surface area contributed by atoms with Gasteiger partial charge >= 0.3 is 0 Å². The first-order valence-electron chi connectivity index (χ1n) is 10.1. The number of aromatic nitrogens is 2. The van der Waals surface area contributed by atoms with Crippen molar-refractivity contribution in [1.29, 1.82) is 0 Å². The van der Waals surface area contributed by atoms with Gasteiger partial charge in [-0.3, -0.25) is 4.79 Å². The quantitative estimate of drug-likeness (QED) is 0.543.